The molecule has 0 saturated carbocycles. The Labute approximate surface area is 234 Å². The van der Waals surface area contributed by atoms with Gasteiger partial charge in [-0.05, 0) is 60.2 Å². The molecule has 1 fully saturated rings. The smallest absolute Gasteiger partial charge is 0.303 e. The van der Waals surface area contributed by atoms with Gasteiger partial charge in [0.1, 0.15) is 5.75 Å². The first-order chi connectivity index (χ1) is 19.4. The Bertz CT molecular complexity index is 1410. The highest BCUT2D eigenvalue weighted by Crippen LogP contribution is 2.38. The third-order valence-electron chi connectivity index (χ3n) is 7.59. The predicted molar refractivity (Wildman–Crippen MR) is 153 cm³/mol. The van der Waals surface area contributed by atoms with Crippen LogP contribution in [0, 0.1) is 0 Å². The molecule has 9 heteroatoms. The minimum Gasteiger partial charge on any atom is -0.508 e. The van der Waals surface area contributed by atoms with Gasteiger partial charge in [0, 0.05) is 37.2 Å². The topological polar surface area (TPSA) is 116 Å². The highest BCUT2D eigenvalue weighted by molar-refractivity contribution is 5.66. The van der Waals surface area contributed by atoms with Crippen LogP contribution in [-0.4, -0.2) is 66.5 Å². The summed E-state index contributed by atoms with van der Waals surface area (Å²) in [4.78, 5) is 14.8. The van der Waals surface area contributed by atoms with Gasteiger partial charge in [-0.1, -0.05) is 66.7 Å². The molecule has 0 spiro atoms. The maximum Gasteiger partial charge on any atom is 0.303 e. The molecule has 5 rings (SSSR count). The molecular formula is C31H36N6O3. The first-order valence-electron chi connectivity index (χ1n) is 13.8. The fourth-order valence-electron chi connectivity index (χ4n) is 5.61. The summed E-state index contributed by atoms with van der Waals surface area (Å²) in [6.45, 7) is 5.45. The van der Waals surface area contributed by atoms with E-state index in [1.165, 1.54) is 10.4 Å². The Balaban J connectivity index is 1.42. The van der Waals surface area contributed by atoms with Crippen LogP contribution in [0.1, 0.15) is 48.9 Å². The van der Waals surface area contributed by atoms with Crippen molar-refractivity contribution in [2.24, 2.45) is 0 Å². The molecule has 4 aromatic rings. The number of phenols is 1. The van der Waals surface area contributed by atoms with Crippen molar-refractivity contribution in [3.8, 4) is 17.1 Å². The van der Waals surface area contributed by atoms with Crippen LogP contribution in [0.25, 0.3) is 11.4 Å². The molecule has 2 unspecified atom stereocenters. The van der Waals surface area contributed by atoms with Crippen LogP contribution < -0.4 is 5.32 Å². The minimum atomic E-state index is -0.794. The maximum atomic E-state index is 10.7. The Morgan fingerprint density at radius 1 is 1.02 bits per heavy atom. The van der Waals surface area contributed by atoms with Gasteiger partial charge >= 0.3 is 5.97 Å². The first kappa shape index (κ1) is 27.5. The standard InChI is InChI=1S/C31H36N6O3/c1-31(21-23-8-3-2-4-9-23)22-32-17-19-36(31)29(26-10-7-11-27(38)20-26)24-13-15-25(16-14-24)30-33-35-37(34-30)18-6-5-12-28(39)40/h2-4,7-11,13-16,20,29,32,38H,5-6,12,17-19,21-22H2,1H3,(H,39,40). The molecule has 9 nitrogen and oxygen atoms in total. The average molecular weight is 541 g/mol. The van der Waals surface area contributed by atoms with E-state index in [2.05, 4.69) is 75.0 Å². The number of piperazine rings is 1. The Hall–Kier alpha value is -4.08. The molecule has 2 atom stereocenters. The third-order valence-corrected chi connectivity index (χ3v) is 7.59. The largest absolute Gasteiger partial charge is 0.508 e. The molecule has 1 aliphatic rings. The van der Waals surface area contributed by atoms with E-state index in [-0.39, 0.29) is 23.8 Å². The highest BCUT2D eigenvalue weighted by Gasteiger charge is 2.40. The van der Waals surface area contributed by atoms with Gasteiger partial charge in [0.15, 0.2) is 0 Å². The second kappa shape index (κ2) is 12.4. The number of hydrogen-bond donors (Lipinski definition) is 3. The molecule has 1 saturated heterocycles. The van der Waals surface area contributed by atoms with E-state index in [0.717, 1.165) is 42.7 Å². The van der Waals surface area contributed by atoms with E-state index in [4.69, 9.17) is 5.11 Å². The number of aliphatic carboxylic acids is 1. The molecule has 3 aromatic carbocycles. The quantitative estimate of drug-likeness (QED) is 0.241. The van der Waals surface area contributed by atoms with Gasteiger partial charge in [-0.15, -0.1) is 10.2 Å². The zero-order valence-corrected chi connectivity index (χ0v) is 22.8. The molecule has 0 radical (unpaired) electrons. The fraction of sp³-hybridized carbons (Fsp3) is 0.355. The molecule has 0 bridgehead atoms. The number of nitrogens with one attached hydrogen (secondary N) is 1. The summed E-state index contributed by atoms with van der Waals surface area (Å²) in [5.41, 5.74) is 4.17. The van der Waals surface area contributed by atoms with E-state index in [0.29, 0.717) is 25.2 Å². The van der Waals surface area contributed by atoms with E-state index in [1.54, 1.807) is 6.07 Å². The van der Waals surface area contributed by atoms with Gasteiger partial charge in [0.25, 0.3) is 0 Å². The first-order valence-corrected chi connectivity index (χ1v) is 13.8. The van der Waals surface area contributed by atoms with Crippen LogP contribution in [0.2, 0.25) is 0 Å². The lowest BCUT2D eigenvalue weighted by atomic mass is 9.84. The van der Waals surface area contributed by atoms with Crippen LogP contribution in [0.5, 0.6) is 5.75 Å². The number of unbranched alkanes of at least 4 members (excludes halogenated alkanes) is 1. The number of nitrogens with zero attached hydrogens (tertiary/aromatic N) is 5. The zero-order chi connectivity index (χ0) is 28.0. The SMILES string of the molecule is CC1(Cc2ccccc2)CNCCN1C(c1ccc(-c2nnn(CCCCC(=O)O)n2)cc1)c1cccc(O)c1. The van der Waals surface area contributed by atoms with E-state index in [9.17, 15) is 9.90 Å². The van der Waals surface area contributed by atoms with Gasteiger partial charge < -0.3 is 15.5 Å². The van der Waals surface area contributed by atoms with Crippen LogP contribution >= 0.6 is 0 Å². The molecule has 0 aliphatic carbocycles. The molecule has 40 heavy (non-hydrogen) atoms. The number of carboxylic acid groups (broad SMARTS) is 1. The van der Waals surface area contributed by atoms with Gasteiger partial charge in [0.05, 0.1) is 12.6 Å². The molecule has 208 valence electrons. The number of phenolic OH excluding ortho intramolecular Hbond substituents is 1. The lowest BCUT2D eigenvalue weighted by Crippen LogP contribution is -2.61. The van der Waals surface area contributed by atoms with Crippen molar-refractivity contribution in [3.05, 3.63) is 95.6 Å². The number of benzene rings is 3. The van der Waals surface area contributed by atoms with Gasteiger partial charge in [0.2, 0.25) is 5.82 Å². The van der Waals surface area contributed by atoms with Gasteiger partial charge in [-0.25, -0.2) is 0 Å². The number of tetrazole rings is 1. The van der Waals surface area contributed by atoms with Gasteiger partial charge in [-0.2, -0.15) is 4.80 Å². The summed E-state index contributed by atoms with van der Waals surface area (Å²) in [5, 5.41) is 35.7. The Morgan fingerprint density at radius 3 is 2.58 bits per heavy atom. The number of aromatic hydroxyl groups is 1. The summed E-state index contributed by atoms with van der Waals surface area (Å²) >= 11 is 0. The van der Waals surface area contributed by atoms with E-state index >= 15 is 0 Å². The van der Waals surface area contributed by atoms with Crippen molar-refractivity contribution >= 4 is 5.97 Å². The number of aryl methyl sites for hydroxylation is 1. The monoisotopic (exact) mass is 540 g/mol. The van der Waals surface area contributed by atoms with Crippen LogP contribution in [0.3, 0.4) is 0 Å². The second-order valence-electron chi connectivity index (χ2n) is 10.7. The van der Waals surface area contributed by atoms with E-state index in [1.807, 2.05) is 30.3 Å². The van der Waals surface area contributed by atoms with E-state index < -0.39 is 5.97 Å². The van der Waals surface area contributed by atoms with Crippen molar-refractivity contribution in [3.63, 3.8) is 0 Å². The van der Waals surface area contributed by atoms with Crippen molar-refractivity contribution in [1.29, 1.82) is 0 Å². The van der Waals surface area contributed by atoms with Crippen LogP contribution in [-0.2, 0) is 17.8 Å². The van der Waals surface area contributed by atoms with Crippen molar-refractivity contribution in [2.45, 2.75) is 50.7 Å². The zero-order valence-electron chi connectivity index (χ0n) is 22.8. The maximum absolute atomic E-state index is 10.7. The summed E-state index contributed by atoms with van der Waals surface area (Å²) in [6.07, 6.45) is 2.29. The summed E-state index contributed by atoms with van der Waals surface area (Å²) in [6, 6.07) is 26.4. The fourth-order valence-corrected chi connectivity index (χ4v) is 5.61. The summed E-state index contributed by atoms with van der Waals surface area (Å²) in [7, 11) is 0. The second-order valence-corrected chi connectivity index (χ2v) is 10.7. The lowest BCUT2D eigenvalue weighted by Gasteiger charge is -2.50. The van der Waals surface area contributed by atoms with Gasteiger partial charge in [-0.3, -0.25) is 9.69 Å². The van der Waals surface area contributed by atoms with Crippen molar-refractivity contribution < 1.29 is 15.0 Å². The highest BCUT2D eigenvalue weighted by atomic mass is 16.4. The molecule has 1 aromatic heterocycles. The predicted octanol–water partition coefficient (Wildman–Crippen LogP) is 4.30. The number of rotatable bonds is 11. The number of hydrogen-bond acceptors (Lipinski definition) is 7. The molecular weight excluding hydrogens is 504 g/mol. The summed E-state index contributed by atoms with van der Waals surface area (Å²) < 4.78 is 0. The molecule has 0 amide bonds. The molecule has 1 aliphatic heterocycles. The Kier molecular flexibility index (Phi) is 8.52. The third kappa shape index (κ3) is 6.55. The van der Waals surface area contributed by atoms with Crippen LogP contribution in [0.4, 0.5) is 0 Å². The Morgan fingerprint density at radius 2 is 1.82 bits per heavy atom. The number of carbonyl (C=O) groups is 1. The summed E-state index contributed by atoms with van der Waals surface area (Å²) in [5.74, 6) is -0.00416. The minimum absolute atomic E-state index is 0.0603. The number of aromatic nitrogens is 4. The lowest BCUT2D eigenvalue weighted by molar-refractivity contribution is -0.137. The number of carboxylic acids is 1. The van der Waals surface area contributed by atoms with Crippen LogP contribution in [0.15, 0.2) is 78.9 Å². The van der Waals surface area contributed by atoms with Crippen molar-refractivity contribution in [1.82, 2.24) is 30.4 Å². The molecule has 3 N–H and O–H groups in total. The normalized spacial score (nSPS) is 18.4. The molecule has 2 heterocycles. The van der Waals surface area contributed by atoms with Crippen molar-refractivity contribution in [2.75, 3.05) is 19.6 Å². The average Bonchev–Trinajstić information content (AvgIpc) is 3.42.